The minimum Gasteiger partial charge on any atom is -0.399 e. The number of nitrogens with zero attached hydrogens (tertiary/aromatic N) is 1. The second-order valence-corrected chi connectivity index (χ2v) is 6.43. The van der Waals surface area contributed by atoms with Gasteiger partial charge in [0.1, 0.15) is 0 Å². The van der Waals surface area contributed by atoms with Crippen LogP contribution in [0.2, 0.25) is 0 Å². The van der Waals surface area contributed by atoms with Crippen LogP contribution in [0.1, 0.15) is 25.7 Å². The monoisotopic (exact) mass is 292 g/mol. The number of carbonyl (C=O) groups excluding carboxylic acids is 1. The molecule has 1 aromatic rings. The van der Waals surface area contributed by atoms with Crippen LogP contribution in [0.3, 0.4) is 0 Å². The number of carbonyl (C=O) groups is 1. The fraction of sp³-hybridized carbons (Fsp3) is 0.533. The van der Waals surface area contributed by atoms with E-state index in [0.29, 0.717) is 12.1 Å². The van der Waals surface area contributed by atoms with E-state index in [1.54, 1.807) is 11.8 Å². The molecule has 0 spiro atoms. The van der Waals surface area contributed by atoms with E-state index in [2.05, 4.69) is 0 Å². The number of rotatable bonds is 3. The first-order valence-electron chi connectivity index (χ1n) is 7.18. The highest BCUT2D eigenvalue weighted by Crippen LogP contribution is 2.36. The number of hydrogen-bond donors (Lipinski definition) is 1. The van der Waals surface area contributed by atoms with Gasteiger partial charge in [0.15, 0.2) is 0 Å². The van der Waals surface area contributed by atoms with Gasteiger partial charge in [-0.2, -0.15) is 0 Å². The standard InChI is InChI=1S/C15H20N2O2S/c16-11-3-5-14-13(10-11)17(7-9-20-14)15(18)6-4-12-2-1-8-19-12/h3,5,10,12H,1-2,4,6-9,16H2. The Morgan fingerprint density at radius 2 is 2.40 bits per heavy atom. The van der Waals surface area contributed by atoms with Gasteiger partial charge in [-0.15, -0.1) is 11.8 Å². The Hall–Kier alpha value is -1.20. The highest BCUT2D eigenvalue weighted by molar-refractivity contribution is 7.99. The molecule has 0 radical (unpaired) electrons. The van der Waals surface area contributed by atoms with Gasteiger partial charge in [-0.3, -0.25) is 4.79 Å². The maximum atomic E-state index is 12.4. The van der Waals surface area contributed by atoms with Crippen LogP contribution in [-0.4, -0.2) is 30.9 Å². The lowest BCUT2D eigenvalue weighted by atomic mass is 10.1. The number of fused-ring (bicyclic) bond motifs is 1. The topological polar surface area (TPSA) is 55.6 Å². The van der Waals surface area contributed by atoms with E-state index in [4.69, 9.17) is 10.5 Å². The van der Waals surface area contributed by atoms with E-state index in [1.165, 1.54) is 0 Å². The van der Waals surface area contributed by atoms with E-state index in [-0.39, 0.29) is 12.0 Å². The first-order chi connectivity index (χ1) is 9.74. The number of anilines is 2. The van der Waals surface area contributed by atoms with Gasteiger partial charge in [-0.05, 0) is 37.5 Å². The average Bonchev–Trinajstić information content (AvgIpc) is 2.97. The number of benzene rings is 1. The van der Waals surface area contributed by atoms with Gasteiger partial charge in [-0.25, -0.2) is 0 Å². The molecule has 1 unspecified atom stereocenters. The van der Waals surface area contributed by atoms with E-state index in [9.17, 15) is 4.79 Å². The molecule has 1 amide bonds. The molecular weight excluding hydrogens is 272 g/mol. The van der Waals surface area contributed by atoms with Crippen LogP contribution in [0.15, 0.2) is 23.1 Å². The van der Waals surface area contributed by atoms with Crippen molar-refractivity contribution in [3.05, 3.63) is 18.2 Å². The first kappa shape index (κ1) is 13.8. The molecule has 1 aromatic carbocycles. The Morgan fingerprint density at radius 3 is 3.20 bits per heavy atom. The zero-order chi connectivity index (χ0) is 13.9. The van der Waals surface area contributed by atoms with Crippen molar-refractivity contribution in [2.24, 2.45) is 0 Å². The minimum atomic E-state index is 0.188. The predicted octanol–water partition coefficient (Wildman–Crippen LogP) is 2.67. The maximum Gasteiger partial charge on any atom is 0.227 e. The molecule has 2 heterocycles. The molecule has 1 saturated heterocycles. The van der Waals surface area contributed by atoms with Crippen LogP contribution < -0.4 is 10.6 Å². The van der Waals surface area contributed by atoms with Gasteiger partial charge in [0.25, 0.3) is 0 Å². The summed E-state index contributed by atoms with van der Waals surface area (Å²) in [7, 11) is 0. The van der Waals surface area contributed by atoms with Crippen LogP contribution in [0.25, 0.3) is 0 Å². The average molecular weight is 292 g/mol. The zero-order valence-corrected chi connectivity index (χ0v) is 12.3. The van der Waals surface area contributed by atoms with Gasteiger partial charge in [0, 0.05) is 35.9 Å². The van der Waals surface area contributed by atoms with Gasteiger partial charge < -0.3 is 15.4 Å². The Balaban J connectivity index is 1.68. The molecule has 0 saturated carbocycles. The molecule has 20 heavy (non-hydrogen) atoms. The quantitative estimate of drug-likeness (QED) is 0.870. The number of amides is 1. The third-order valence-electron chi connectivity index (χ3n) is 3.85. The van der Waals surface area contributed by atoms with Gasteiger partial charge in [-0.1, -0.05) is 0 Å². The highest BCUT2D eigenvalue weighted by atomic mass is 32.2. The van der Waals surface area contributed by atoms with Crippen LogP contribution >= 0.6 is 11.8 Å². The van der Waals surface area contributed by atoms with E-state index < -0.39 is 0 Å². The molecule has 0 aliphatic carbocycles. The largest absolute Gasteiger partial charge is 0.399 e. The molecule has 0 aromatic heterocycles. The van der Waals surface area contributed by atoms with Crippen LogP contribution in [-0.2, 0) is 9.53 Å². The first-order valence-corrected chi connectivity index (χ1v) is 8.17. The van der Waals surface area contributed by atoms with Crippen molar-refractivity contribution in [1.29, 1.82) is 0 Å². The summed E-state index contributed by atoms with van der Waals surface area (Å²) in [6, 6.07) is 5.81. The van der Waals surface area contributed by atoms with E-state index in [0.717, 1.165) is 48.7 Å². The van der Waals surface area contributed by atoms with Crippen LogP contribution in [0.4, 0.5) is 11.4 Å². The Morgan fingerprint density at radius 1 is 1.50 bits per heavy atom. The summed E-state index contributed by atoms with van der Waals surface area (Å²) in [6.45, 7) is 1.62. The SMILES string of the molecule is Nc1ccc2c(c1)N(C(=O)CCC1CCCO1)CCS2. The molecular formula is C15H20N2O2S. The van der Waals surface area contributed by atoms with Crippen molar-refractivity contribution in [3.63, 3.8) is 0 Å². The third-order valence-corrected chi connectivity index (χ3v) is 4.89. The molecule has 2 N–H and O–H groups in total. The fourth-order valence-corrected chi connectivity index (χ4v) is 3.76. The Labute approximate surface area is 123 Å². The summed E-state index contributed by atoms with van der Waals surface area (Å²) in [5.74, 6) is 1.13. The molecule has 2 aliphatic rings. The third kappa shape index (κ3) is 2.94. The lowest BCUT2D eigenvalue weighted by Crippen LogP contribution is -2.35. The Kier molecular flexibility index (Phi) is 4.17. The molecule has 4 nitrogen and oxygen atoms in total. The predicted molar refractivity (Wildman–Crippen MR) is 82.1 cm³/mol. The number of nitrogens with two attached hydrogens (primary N) is 1. The second kappa shape index (κ2) is 6.06. The lowest BCUT2D eigenvalue weighted by Gasteiger charge is -2.29. The normalized spacial score (nSPS) is 21.8. The highest BCUT2D eigenvalue weighted by Gasteiger charge is 2.24. The summed E-state index contributed by atoms with van der Waals surface area (Å²) in [5, 5.41) is 0. The molecule has 1 fully saturated rings. The van der Waals surface area contributed by atoms with Crippen molar-refractivity contribution in [1.82, 2.24) is 0 Å². The van der Waals surface area contributed by atoms with E-state index >= 15 is 0 Å². The molecule has 5 heteroatoms. The van der Waals surface area contributed by atoms with Gasteiger partial charge >= 0.3 is 0 Å². The van der Waals surface area contributed by atoms with Gasteiger partial charge in [0.2, 0.25) is 5.91 Å². The fourth-order valence-electron chi connectivity index (χ4n) is 2.79. The van der Waals surface area contributed by atoms with Crippen LogP contribution in [0.5, 0.6) is 0 Å². The molecule has 0 bridgehead atoms. The lowest BCUT2D eigenvalue weighted by molar-refractivity contribution is -0.119. The molecule has 108 valence electrons. The molecule has 3 rings (SSSR count). The summed E-state index contributed by atoms with van der Waals surface area (Å²) in [6.07, 6.45) is 3.88. The number of thioether (sulfide) groups is 1. The van der Waals surface area contributed by atoms with Crippen molar-refractivity contribution in [2.75, 3.05) is 29.5 Å². The second-order valence-electron chi connectivity index (χ2n) is 5.29. The number of hydrogen-bond acceptors (Lipinski definition) is 4. The summed E-state index contributed by atoms with van der Waals surface area (Å²) < 4.78 is 5.58. The van der Waals surface area contributed by atoms with Crippen molar-refractivity contribution in [3.8, 4) is 0 Å². The molecule has 2 aliphatic heterocycles. The van der Waals surface area contributed by atoms with Crippen molar-refractivity contribution < 1.29 is 9.53 Å². The summed E-state index contributed by atoms with van der Waals surface area (Å²) >= 11 is 1.79. The van der Waals surface area contributed by atoms with Crippen molar-refractivity contribution >= 4 is 29.0 Å². The Bertz CT molecular complexity index is 501. The number of ether oxygens (including phenoxy) is 1. The van der Waals surface area contributed by atoms with E-state index in [1.807, 2.05) is 23.1 Å². The smallest absolute Gasteiger partial charge is 0.227 e. The summed E-state index contributed by atoms with van der Waals surface area (Å²) in [4.78, 5) is 15.5. The number of nitrogen functional groups attached to an aromatic ring is 1. The maximum absolute atomic E-state index is 12.4. The van der Waals surface area contributed by atoms with Gasteiger partial charge in [0.05, 0.1) is 11.8 Å². The van der Waals surface area contributed by atoms with Crippen LogP contribution in [0, 0.1) is 0 Å². The minimum absolute atomic E-state index is 0.188. The molecule has 1 atom stereocenters. The summed E-state index contributed by atoms with van der Waals surface area (Å²) in [5.41, 5.74) is 7.53. The zero-order valence-electron chi connectivity index (χ0n) is 11.5. The van der Waals surface area contributed by atoms with Crippen molar-refractivity contribution in [2.45, 2.75) is 36.7 Å².